The Bertz CT molecular complexity index is 769. The number of carbonyl (C=O) groups is 1. The highest BCUT2D eigenvalue weighted by molar-refractivity contribution is 5.85. The van der Waals surface area contributed by atoms with Crippen molar-refractivity contribution in [3.8, 4) is 0 Å². The van der Waals surface area contributed by atoms with E-state index in [-0.39, 0.29) is 30.3 Å². The molecule has 0 saturated carbocycles. The average molecular weight is 351 g/mol. The summed E-state index contributed by atoms with van der Waals surface area (Å²) in [6, 6.07) is 5.95. The minimum absolute atomic E-state index is 0. The van der Waals surface area contributed by atoms with Crippen LogP contribution in [0.4, 0.5) is 0 Å². The van der Waals surface area contributed by atoms with Crippen LogP contribution in [0.5, 0.6) is 0 Å². The highest BCUT2D eigenvalue weighted by Crippen LogP contribution is 2.11. The van der Waals surface area contributed by atoms with Gasteiger partial charge in [0.25, 0.3) is 5.56 Å². The largest absolute Gasteiger partial charge is 0.354 e. The smallest absolute Gasteiger partial charge is 0.261 e. The summed E-state index contributed by atoms with van der Waals surface area (Å²) in [7, 11) is 0. The molecule has 1 aliphatic rings. The van der Waals surface area contributed by atoms with Gasteiger partial charge >= 0.3 is 0 Å². The van der Waals surface area contributed by atoms with Gasteiger partial charge in [0.15, 0.2) is 0 Å². The zero-order valence-electron chi connectivity index (χ0n) is 13.7. The SMILES string of the molecule is Cc1cccc2c(=O)n(CCC(=O)NCC3CCCN3)cnc12.Cl. The van der Waals surface area contributed by atoms with Crippen molar-refractivity contribution in [2.45, 2.75) is 38.8 Å². The molecule has 0 aliphatic carbocycles. The molecule has 2 heterocycles. The van der Waals surface area contributed by atoms with Crippen LogP contribution in [0.15, 0.2) is 29.3 Å². The molecule has 1 saturated heterocycles. The Balaban J connectivity index is 0.00000208. The lowest BCUT2D eigenvalue weighted by Gasteiger charge is -2.12. The van der Waals surface area contributed by atoms with E-state index in [2.05, 4.69) is 15.6 Å². The number of halogens is 1. The number of hydrogen-bond acceptors (Lipinski definition) is 4. The predicted molar refractivity (Wildman–Crippen MR) is 96.6 cm³/mol. The Morgan fingerprint density at radius 1 is 1.46 bits per heavy atom. The lowest BCUT2D eigenvalue weighted by atomic mass is 10.1. The third-order valence-electron chi connectivity index (χ3n) is 4.34. The molecule has 0 spiro atoms. The van der Waals surface area contributed by atoms with E-state index in [9.17, 15) is 9.59 Å². The zero-order valence-corrected chi connectivity index (χ0v) is 14.6. The minimum Gasteiger partial charge on any atom is -0.354 e. The lowest BCUT2D eigenvalue weighted by Crippen LogP contribution is -2.37. The van der Waals surface area contributed by atoms with Gasteiger partial charge in [0.2, 0.25) is 5.91 Å². The minimum atomic E-state index is -0.0936. The van der Waals surface area contributed by atoms with Crippen LogP contribution in [0.3, 0.4) is 0 Å². The molecule has 1 amide bonds. The maximum atomic E-state index is 12.4. The second kappa shape index (κ2) is 8.26. The first-order chi connectivity index (χ1) is 11.1. The molecule has 6 nitrogen and oxygen atoms in total. The third kappa shape index (κ3) is 4.13. The van der Waals surface area contributed by atoms with Crippen LogP contribution in [-0.2, 0) is 11.3 Å². The molecular formula is C17H23ClN4O2. The second-order valence-corrected chi connectivity index (χ2v) is 6.06. The number of rotatable bonds is 5. The molecule has 24 heavy (non-hydrogen) atoms. The van der Waals surface area contributed by atoms with E-state index in [1.807, 2.05) is 19.1 Å². The lowest BCUT2D eigenvalue weighted by molar-refractivity contribution is -0.121. The van der Waals surface area contributed by atoms with E-state index < -0.39 is 0 Å². The molecule has 3 rings (SSSR count). The summed E-state index contributed by atoms with van der Waals surface area (Å²) in [6.07, 6.45) is 4.08. The van der Waals surface area contributed by atoms with Crippen LogP contribution in [0, 0.1) is 6.92 Å². The van der Waals surface area contributed by atoms with Gasteiger partial charge in [-0.15, -0.1) is 12.4 Å². The van der Waals surface area contributed by atoms with Crippen molar-refractivity contribution in [3.05, 3.63) is 40.4 Å². The van der Waals surface area contributed by atoms with Gasteiger partial charge in [0.05, 0.1) is 17.2 Å². The molecule has 1 aromatic carbocycles. The summed E-state index contributed by atoms with van der Waals surface area (Å²) in [5.41, 5.74) is 1.61. The van der Waals surface area contributed by atoms with Gasteiger partial charge in [-0.25, -0.2) is 4.98 Å². The highest BCUT2D eigenvalue weighted by Gasteiger charge is 2.14. The first kappa shape index (κ1) is 18.4. The molecular weight excluding hydrogens is 328 g/mol. The monoisotopic (exact) mass is 350 g/mol. The van der Waals surface area contributed by atoms with Crippen molar-refractivity contribution in [1.29, 1.82) is 0 Å². The Morgan fingerprint density at radius 2 is 2.29 bits per heavy atom. The number of carbonyl (C=O) groups excluding carboxylic acids is 1. The molecule has 130 valence electrons. The fourth-order valence-electron chi connectivity index (χ4n) is 2.98. The van der Waals surface area contributed by atoms with Crippen LogP contribution in [-0.4, -0.2) is 34.6 Å². The average Bonchev–Trinajstić information content (AvgIpc) is 3.06. The predicted octanol–water partition coefficient (Wildman–Crippen LogP) is 1.39. The second-order valence-electron chi connectivity index (χ2n) is 6.06. The zero-order chi connectivity index (χ0) is 16.2. The molecule has 0 radical (unpaired) electrons. The van der Waals surface area contributed by atoms with E-state index in [4.69, 9.17) is 0 Å². The summed E-state index contributed by atoms with van der Waals surface area (Å²) in [4.78, 5) is 28.7. The number of aryl methyl sites for hydroxylation is 2. The van der Waals surface area contributed by atoms with Crippen molar-refractivity contribution < 1.29 is 4.79 Å². The van der Waals surface area contributed by atoms with Crippen LogP contribution >= 0.6 is 12.4 Å². The highest BCUT2D eigenvalue weighted by atomic mass is 35.5. The van der Waals surface area contributed by atoms with E-state index in [1.54, 1.807) is 6.07 Å². The number of hydrogen-bond donors (Lipinski definition) is 2. The van der Waals surface area contributed by atoms with Crippen molar-refractivity contribution in [3.63, 3.8) is 0 Å². The number of nitrogens with one attached hydrogen (secondary N) is 2. The van der Waals surface area contributed by atoms with Crippen molar-refractivity contribution >= 4 is 29.2 Å². The van der Waals surface area contributed by atoms with Gasteiger partial charge in [-0.2, -0.15) is 0 Å². The fourth-order valence-corrected chi connectivity index (χ4v) is 2.98. The summed E-state index contributed by atoms with van der Waals surface area (Å²) in [6.45, 7) is 3.96. The van der Waals surface area contributed by atoms with Gasteiger partial charge in [0.1, 0.15) is 0 Å². The number of fused-ring (bicyclic) bond motifs is 1. The number of para-hydroxylation sites is 1. The molecule has 1 fully saturated rings. The molecule has 7 heteroatoms. The Kier molecular flexibility index (Phi) is 6.34. The van der Waals surface area contributed by atoms with Crippen LogP contribution < -0.4 is 16.2 Å². The molecule has 1 aliphatic heterocycles. The van der Waals surface area contributed by atoms with Gasteiger partial charge in [-0.05, 0) is 37.9 Å². The van der Waals surface area contributed by atoms with E-state index >= 15 is 0 Å². The Labute approximate surface area is 147 Å². The molecule has 1 aromatic heterocycles. The molecule has 2 aromatic rings. The number of nitrogens with zero attached hydrogens (tertiary/aromatic N) is 2. The fraction of sp³-hybridized carbons (Fsp3) is 0.471. The Hall–Kier alpha value is -1.92. The van der Waals surface area contributed by atoms with Crippen molar-refractivity contribution in [2.24, 2.45) is 0 Å². The van der Waals surface area contributed by atoms with E-state index in [1.165, 1.54) is 10.9 Å². The van der Waals surface area contributed by atoms with Gasteiger partial charge in [-0.3, -0.25) is 14.2 Å². The summed E-state index contributed by atoms with van der Waals surface area (Å²) in [5, 5.41) is 6.86. The number of aromatic nitrogens is 2. The normalized spacial score (nSPS) is 16.8. The summed E-state index contributed by atoms with van der Waals surface area (Å²) in [5.74, 6) is -0.0325. The Morgan fingerprint density at radius 3 is 3.04 bits per heavy atom. The van der Waals surface area contributed by atoms with Crippen molar-refractivity contribution in [1.82, 2.24) is 20.2 Å². The van der Waals surface area contributed by atoms with Crippen molar-refractivity contribution in [2.75, 3.05) is 13.1 Å². The van der Waals surface area contributed by atoms with Gasteiger partial charge < -0.3 is 10.6 Å². The summed E-state index contributed by atoms with van der Waals surface area (Å²) < 4.78 is 1.51. The molecule has 2 N–H and O–H groups in total. The van der Waals surface area contributed by atoms with Crippen LogP contribution in [0.25, 0.3) is 10.9 Å². The van der Waals surface area contributed by atoms with Crippen LogP contribution in [0.2, 0.25) is 0 Å². The quantitative estimate of drug-likeness (QED) is 0.854. The molecule has 1 atom stereocenters. The summed E-state index contributed by atoms with van der Waals surface area (Å²) >= 11 is 0. The molecule has 1 unspecified atom stereocenters. The van der Waals surface area contributed by atoms with E-state index in [0.717, 1.165) is 30.5 Å². The van der Waals surface area contributed by atoms with Gasteiger partial charge in [0, 0.05) is 25.6 Å². The third-order valence-corrected chi connectivity index (χ3v) is 4.34. The van der Waals surface area contributed by atoms with Crippen LogP contribution in [0.1, 0.15) is 24.8 Å². The van der Waals surface area contributed by atoms with E-state index in [0.29, 0.717) is 24.5 Å². The molecule has 0 bridgehead atoms. The topological polar surface area (TPSA) is 76.0 Å². The maximum Gasteiger partial charge on any atom is 0.261 e. The standard InChI is InChI=1S/C17H22N4O2.ClH/c1-12-4-2-6-14-16(12)20-11-21(17(14)23)9-7-15(22)19-10-13-5-3-8-18-13;/h2,4,6,11,13,18H,3,5,7-10H2,1H3,(H,19,22);1H. The first-order valence-corrected chi connectivity index (χ1v) is 8.10. The maximum absolute atomic E-state index is 12.4. The van der Waals surface area contributed by atoms with Gasteiger partial charge in [-0.1, -0.05) is 12.1 Å². The first-order valence-electron chi connectivity index (χ1n) is 8.10. The number of amides is 1. The number of benzene rings is 1.